The van der Waals surface area contributed by atoms with E-state index in [1.165, 1.54) is 6.07 Å². The van der Waals surface area contributed by atoms with Gasteiger partial charge in [-0.3, -0.25) is 0 Å². The summed E-state index contributed by atoms with van der Waals surface area (Å²) in [5.74, 6) is 0.639. The molecule has 18 heavy (non-hydrogen) atoms. The number of hydrogen-bond acceptors (Lipinski definition) is 1. The van der Waals surface area contributed by atoms with Crippen LogP contribution in [-0.4, -0.2) is 0 Å². The highest BCUT2D eigenvalue weighted by atomic mass is 79.9. The zero-order chi connectivity index (χ0) is 13.1. The first-order valence-electron chi connectivity index (χ1n) is 5.07. The Morgan fingerprint density at radius 1 is 1.11 bits per heavy atom. The van der Waals surface area contributed by atoms with E-state index in [0.717, 1.165) is 5.56 Å². The van der Waals surface area contributed by atoms with Gasteiger partial charge in [-0.2, -0.15) is 0 Å². The number of ether oxygens (including phenoxy) is 1. The molecule has 0 aliphatic rings. The molecule has 0 unspecified atom stereocenters. The summed E-state index contributed by atoms with van der Waals surface area (Å²) in [5.41, 5.74) is 0.978. The van der Waals surface area contributed by atoms with Crippen LogP contribution in [0, 0.1) is 5.82 Å². The topological polar surface area (TPSA) is 9.23 Å². The first-order valence-corrected chi connectivity index (χ1v) is 7.36. The lowest BCUT2D eigenvalue weighted by Crippen LogP contribution is -1.87. The summed E-state index contributed by atoms with van der Waals surface area (Å²) >= 11 is 12.5. The third-order valence-electron chi connectivity index (χ3n) is 2.30. The third kappa shape index (κ3) is 3.25. The van der Waals surface area contributed by atoms with E-state index in [4.69, 9.17) is 16.3 Å². The second-order valence-electron chi connectivity index (χ2n) is 3.56. The number of alkyl halides is 1. The molecule has 5 heteroatoms. The summed E-state index contributed by atoms with van der Waals surface area (Å²) in [5, 5.41) is 1.29. The standard InChI is InChI=1S/C13H8Br2ClFO/c14-7-8-1-2-9(5-12(8)16)18-10-3-4-11(15)13(17)6-10/h1-6H,7H2. The molecular weight excluding hydrogens is 386 g/mol. The van der Waals surface area contributed by atoms with Crippen molar-refractivity contribution in [2.24, 2.45) is 0 Å². The van der Waals surface area contributed by atoms with E-state index in [0.29, 0.717) is 26.3 Å². The molecule has 0 saturated carbocycles. The van der Waals surface area contributed by atoms with Crippen LogP contribution in [0.4, 0.5) is 4.39 Å². The Morgan fingerprint density at radius 2 is 1.78 bits per heavy atom. The molecule has 2 rings (SSSR count). The molecule has 0 aliphatic carbocycles. The van der Waals surface area contributed by atoms with Crippen molar-refractivity contribution in [1.82, 2.24) is 0 Å². The molecule has 0 spiro atoms. The van der Waals surface area contributed by atoms with E-state index in [1.54, 1.807) is 24.3 Å². The Balaban J connectivity index is 2.23. The van der Waals surface area contributed by atoms with Crippen LogP contribution in [0.25, 0.3) is 0 Å². The van der Waals surface area contributed by atoms with E-state index in [9.17, 15) is 4.39 Å². The lowest BCUT2D eigenvalue weighted by Gasteiger charge is -2.08. The SMILES string of the molecule is Fc1cc(Oc2ccc(CBr)c(Cl)c2)ccc1Br. The van der Waals surface area contributed by atoms with E-state index in [2.05, 4.69) is 31.9 Å². The molecule has 0 N–H and O–H groups in total. The van der Waals surface area contributed by atoms with Crippen LogP contribution >= 0.6 is 43.5 Å². The number of rotatable bonds is 3. The van der Waals surface area contributed by atoms with E-state index in [1.807, 2.05) is 6.07 Å². The van der Waals surface area contributed by atoms with Crippen molar-refractivity contribution < 1.29 is 9.13 Å². The molecule has 2 aromatic rings. The maximum atomic E-state index is 13.3. The zero-order valence-electron chi connectivity index (χ0n) is 9.09. The maximum absolute atomic E-state index is 13.3. The van der Waals surface area contributed by atoms with Gasteiger partial charge in [0.1, 0.15) is 17.3 Å². The van der Waals surface area contributed by atoms with Gasteiger partial charge in [0.05, 0.1) is 4.47 Å². The van der Waals surface area contributed by atoms with Gasteiger partial charge >= 0.3 is 0 Å². The van der Waals surface area contributed by atoms with Crippen LogP contribution in [-0.2, 0) is 5.33 Å². The molecule has 0 radical (unpaired) electrons. The Kier molecular flexibility index (Phi) is 4.65. The Hall–Kier alpha value is -0.580. The Labute approximate surface area is 126 Å². The van der Waals surface area contributed by atoms with Gasteiger partial charge in [0, 0.05) is 16.4 Å². The summed E-state index contributed by atoms with van der Waals surface area (Å²) in [6.45, 7) is 0. The summed E-state index contributed by atoms with van der Waals surface area (Å²) in [6.07, 6.45) is 0. The normalized spacial score (nSPS) is 10.4. The van der Waals surface area contributed by atoms with Crippen molar-refractivity contribution >= 4 is 43.5 Å². The Morgan fingerprint density at radius 3 is 2.39 bits per heavy atom. The zero-order valence-corrected chi connectivity index (χ0v) is 13.0. The number of halogens is 4. The van der Waals surface area contributed by atoms with Crippen molar-refractivity contribution in [3.8, 4) is 11.5 Å². The smallest absolute Gasteiger partial charge is 0.141 e. The average Bonchev–Trinajstić information content (AvgIpc) is 2.34. The van der Waals surface area contributed by atoms with Crippen molar-refractivity contribution in [3.05, 3.63) is 57.3 Å². The number of hydrogen-bond donors (Lipinski definition) is 0. The van der Waals surface area contributed by atoms with Gasteiger partial charge in [0.2, 0.25) is 0 Å². The van der Waals surface area contributed by atoms with Gasteiger partial charge in [0.15, 0.2) is 0 Å². The molecule has 0 saturated heterocycles. The molecule has 1 nitrogen and oxygen atoms in total. The van der Waals surface area contributed by atoms with Gasteiger partial charge < -0.3 is 4.74 Å². The fourth-order valence-electron chi connectivity index (χ4n) is 1.38. The fraction of sp³-hybridized carbons (Fsp3) is 0.0769. The summed E-state index contributed by atoms with van der Waals surface area (Å²) in [4.78, 5) is 0. The second-order valence-corrected chi connectivity index (χ2v) is 5.39. The van der Waals surface area contributed by atoms with E-state index >= 15 is 0 Å². The summed E-state index contributed by atoms with van der Waals surface area (Å²) < 4.78 is 19.3. The lowest BCUT2D eigenvalue weighted by atomic mass is 10.2. The predicted molar refractivity (Wildman–Crippen MR) is 78.3 cm³/mol. The third-order valence-corrected chi connectivity index (χ3v) is 3.89. The van der Waals surface area contributed by atoms with Crippen LogP contribution < -0.4 is 4.74 Å². The van der Waals surface area contributed by atoms with Gasteiger partial charge in [0.25, 0.3) is 0 Å². The van der Waals surface area contributed by atoms with Crippen LogP contribution in [0.1, 0.15) is 5.56 Å². The predicted octanol–water partition coefficient (Wildman–Crippen LogP) is 5.93. The molecule has 0 amide bonds. The van der Waals surface area contributed by atoms with Crippen LogP contribution in [0.15, 0.2) is 40.9 Å². The molecule has 0 atom stereocenters. The molecule has 0 aliphatic heterocycles. The summed E-state index contributed by atoms with van der Waals surface area (Å²) in [6, 6.07) is 9.96. The molecule has 0 bridgehead atoms. The van der Waals surface area contributed by atoms with E-state index < -0.39 is 0 Å². The molecule has 0 aromatic heterocycles. The van der Waals surface area contributed by atoms with Crippen LogP contribution in [0.5, 0.6) is 11.5 Å². The van der Waals surface area contributed by atoms with Gasteiger partial charge in [-0.1, -0.05) is 33.6 Å². The van der Waals surface area contributed by atoms with E-state index in [-0.39, 0.29) is 5.82 Å². The van der Waals surface area contributed by atoms with Crippen LogP contribution in [0.2, 0.25) is 5.02 Å². The monoisotopic (exact) mass is 392 g/mol. The highest BCUT2D eigenvalue weighted by Gasteiger charge is 2.05. The average molecular weight is 394 g/mol. The first-order chi connectivity index (χ1) is 8.60. The maximum Gasteiger partial charge on any atom is 0.141 e. The summed E-state index contributed by atoms with van der Waals surface area (Å²) in [7, 11) is 0. The molecule has 94 valence electrons. The minimum absolute atomic E-state index is 0.365. The highest BCUT2D eigenvalue weighted by Crippen LogP contribution is 2.29. The lowest BCUT2D eigenvalue weighted by molar-refractivity contribution is 0.476. The minimum Gasteiger partial charge on any atom is -0.457 e. The molecule has 2 aromatic carbocycles. The quantitative estimate of drug-likeness (QED) is 0.587. The van der Waals surface area contributed by atoms with Crippen LogP contribution in [0.3, 0.4) is 0 Å². The molecular formula is C13H8Br2ClFO. The fourth-order valence-corrected chi connectivity index (χ4v) is 2.51. The first kappa shape index (κ1) is 13.8. The van der Waals surface area contributed by atoms with Crippen molar-refractivity contribution in [1.29, 1.82) is 0 Å². The minimum atomic E-state index is -0.365. The van der Waals surface area contributed by atoms with Gasteiger partial charge in [-0.25, -0.2) is 4.39 Å². The van der Waals surface area contributed by atoms with Gasteiger partial charge in [-0.15, -0.1) is 0 Å². The molecule has 0 heterocycles. The van der Waals surface area contributed by atoms with Gasteiger partial charge in [-0.05, 0) is 45.8 Å². The number of benzene rings is 2. The Bertz CT molecular complexity index is 575. The van der Waals surface area contributed by atoms with Crippen molar-refractivity contribution in [2.75, 3.05) is 0 Å². The van der Waals surface area contributed by atoms with Crippen molar-refractivity contribution in [3.63, 3.8) is 0 Å². The highest BCUT2D eigenvalue weighted by molar-refractivity contribution is 9.10. The largest absolute Gasteiger partial charge is 0.457 e. The second kappa shape index (κ2) is 6.04. The molecule has 0 fully saturated rings. The van der Waals surface area contributed by atoms with Crippen molar-refractivity contribution in [2.45, 2.75) is 5.33 Å².